The summed E-state index contributed by atoms with van der Waals surface area (Å²) in [6, 6.07) is 6.26. The molecule has 2 aliphatic heterocycles. The van der Waals surface area contributed by atoms with Gasteiger partial charge in [-0.15, -0.1) is 0 Å². The van der Waals surface area contributed by atoms with E-state index in [1.165, 1.54) is 30.5 Å². The van der Waals surface area contributed by atoms with Gasteiger partial charge < -0.3 is 4.90 Å². The Labute approximate surface area is 119 Å². The summed E-state index contributed by atoms with van der Waals surface area (Å²) >= 11 is 11.9. The topological polar surface area (TPSA) is 3.24 Å². The summed E-state index contributed by atoms with van der Waals surface area (Å²) < 4.78 is 0. The lowest BCUT2D eigenvalue weighted by atomic mass is 9.68. The van der Waals surface area contributed by atoms with Crippen LogP contribution in [0.5, 0.6) is 0 Å². The van der Waals surface area contributed by atoms with Crippen LogP contribution in [-0.4, -0.2) is 11.5 Å². The molecule has 2 aliphatic rings. The van der Waals surface area contributed by atoms with E-state index in [4.69, 9.17) is 23.8 Å². The third-order valence-corrected chi connectivity index (χ3v) is 5.43. The van der Waals surface area contributed by atoms with Gasteiger partial charge in [-0.3, -0.25) is 0 Å². The molecule has 1 atom stereocenters. The highest BCUT2D eigenvalue weighted by atomic mass is 35.5. The first-order chi connectivity index (χ1) is 8.51. The maximum absolute atomic E-state index is 6.19. The first kappa shape index (κ1) is 12.4. The Bertz CT molecular complexity index is 509. The zero-order valence-electron chi connectivity index (χ0n) is 10.9. The van der Waals surface area contributed by atoms with Crippen LogP contribution < -0.4 is 4.90 Å². The molecule has 1 saturated heterocycles. The second kappa shape index (κ2) is 4.21. The number of hydrogen-bond acceptors (Lipinski definition) is 1. The smallest absolute Gasteiger partial charge is 0.0886 e. The van der Waals surface area contributed by atoms with Crippen molar-refractivity contribution in [3.63, 3.8) is 0 Å². The van der Waals surface area contributed by atoms with Gasteiger partial charge in [-0.05, 0) is 42.5 Å². The van der Waals surface area contributed by atoms with Crippen molar-refractivity contribution in [1.82, 2.24) is 0 Å². The van der Waals surface area contributed by atoms with E-state index in [2.05, 4.69) is 30.9 Å². The Kier molecular flexibility index (Phi) is 2.91. The van der Waals surface area contributed by atoms with Crippen LogP contribution in [0.15, 0.2) is 18.2 Å². The quantitative estimate of drug-likeness (QED) is 0.629. The first-order valence-electron chi connectivity index (χ1n) is 6.63. The molecule has 3 heteroatoms. The van der Waals surface area contributed by atoms with Crippen molar-refractivity contribution >= 4 is 34.5 Å². The van der Waals surface area contributed by atoms with Gasteiger partial charge in [0.25, 0.3) is 0 Å². The van der Waals surface area contributed by atoms with Crippen molar-refractivity contribution in [1.29, 1.82) is 0 Å². The second-order valence-corrected chi connectivity index (χ2v) is 6.75. The minimum absolute atomic E-state index is 0.0629. The molecule has 3 rings (SSSR count). The number of thiocarbonyl (C=S) groups is 1. The molecule has 0 radical (unpaired) electrons. The van der Waals surface area contributed by atoms with Gasteiger partial charge in [0.1, 0.15) is 0 Å². The molecular formula is C15H18ClNS. The molecule has 0 spiro atoms. The lowest BCUT2D eigenvalue weighted by molar-refractivity contribution is 0.353. The van der Waals surface area contributed by atoms with Crippen molar-refractivity contribution in [3.8, 4) is 0 Å². The molecule has 2 bridgehead atoms. The Balaban J connectivity index is 2.24. The number of anilines is 1. The molecular weight excluding hydrogens is 262 g/mol. The molecule has 0 aromatic heterocycles. The van der Waals surface area contributed by atoms with Crippen LogP contribution in [0.2, 0.25) is 5.02 Å². The van der Waals surface area contributed by atoms with E-state index in [0.29, 0.717) is 5.92 Å². The largest absolute Gasteiger partial charge is 0.335 e. The lowest BCUT2D eigenvalue weighted by Crippen LogP contribution is -2.49. The lowest BCUT2D eigenvalue weighted by Gasteiger charge is -2.48. The molecule has 2 heterocycles. The zero-order valence-corrected chi connectivity index (χ0v) is 12.4. The molecule has 1 unspecified atom stereocenters. The number of fused-ring (bicyclic) bond motifs is 6. The SMILES string of the molecule is CC1(C)C(=S)N2CCCCC1c1cc(Cl)ccc12. The second-order valence-electron chi connectivity index (χ2n) is 5.93. The molecule has 1 aromatic rings. The molecule has 1 aromatic carbocycles. The summed E-state index contributed by atoms with van der Waals surface area (Å²) in [6.45, 7) is 5.61. The fraction of sp³-hybridized carbons (Fsp3) is 0.533. The fourth-order valence-electron chi connectivity index (χ4n) is 3.40. The normalized spacial score (nSPS) is 25.6. The van der Waals surface area contributed by atoms with E-state index in [-0.39, 0.29) is 5.41 Å². The summed E-state index contributed by atoms with van der Waals surface area (Å²) in [5, 5.41) is 0.836. The van der Waals surface area contributed by atoms with Crippen molar-refractivity contribution in [2.45, 2.75) is 39.0 Å². The molecule has 0 amide bonds. The Morgan fingerprint density at radius 3 is 2.89 bits per heavy atom. The maximum atomic E-state index is 6.19. The van der Waals surface area contributed by atoms with Crippen LogP contribution in [0.4, 0.5) is 5.69 Å². The van der Waals surface area contributed by atoms with E-state index in [1.807, 2.05) is 6.07 Å². The van der Waals surface area contributed by atoms with Gasteiger partial charge >= 0.3 is 0 Å². The van der Waals surface area contributed by atoms with Crippen LogP contribution in [0.1, 0.15) is 44.6 Å². The van der Waals surface area contributed by atoms with E-state index >= 15 is 0 Å². The highest BCUT2D eigenvalue weighted by Crippen LogP contribution is 2.51. The predicted octanol–water partition coefficient (Wildman–Crippen LogP) is 4.78. The van der Waals surface area contributed by atoms with Gasteiger partial charge in [0, 0.05) is 22.7 Å². The number of nitrogens with zero attached hydrogens (tertiary/aromatic N) is 1. The summed E-state index contributed by atoms with van der Waals surface area (Å²) in [4.78, 5) is 3.43. The number of benzene rings is 1. The maximum Gasteiger partial charge on any atom is 0.0886 e. The molecule has 0 aliphatic carbocycles. The predicted molar refractivity (Wildman–Crippen MR) is 81.8 cm³/mol. The van der Waals surface area contributed by atoms with E-state index < -0.39 is 0 Å². The third kappa shape index (κ3) is 1.70. The number of hydrogen-bond donors (Lipinski definition) is 0. The van der Waals surface area contributed by atoms with E-state index in [9.17, 15) is 0 Å². The number of rotatable bonds is 0. The Morgan fingerprint density at radius 1 is 1.33 bits per heavy atom. The van der Waals surface area contributed by atoms with Crippen LogP contribution in [0, 0.1) is 5.41 Å². The monoisotopic (exact) mass is 279 g/mol. The van der Waals surface area contributed by atoms with Gasteiger partial charge in [-0.1, -0.05) is 44.1 Å². The van der Waals surface area contributed by atoms with E-state index in [0.717, 1.165) is 16.6 Å². The van der Waals surface area contributed by atoms with Gasteiger partial charge in [0.2, 0.25) is 0 Å². The minimum Gasteiger partial charge on any atom is -0.335 e. The van der Waals surface area contributed by atoms with Gasteiger partial charge in [0.05, 0.1) is 4.99 Å². The van der Waals surface area contributed by atoms with Crippen LogP contribution >= 0.6 is 23.8 Å². The highest BCUT2D eigenvalue weighted by molar-refractivity contribution is 7.80. The minimum atomic E-state index is 0.0629. The molecule has 1 fully saturated rings. The first-order valence-corrected chi connectivity index (χ1v) is 7.42. The van der Waals surface area contributed by atoms with E-state index in [1.54, 1.807) is 0 Å². The summed E-state index contributed by atoms with van der Waals surface area (Å²) in [5.74, 6) is 0.509. The Morgan fingerprint density at radius 2 is 2.11 bits per heavy atom. The zero-order chi connectivity index (χ0) is 12.9. The average molecular weight is 280 g/mol. The molecule has 0 N–H and O–H groups in total. The van der Waals surface area contributed by atoms with Crippen molar-refractivity contribution in [3.05, 3.63) is 28.8 Å². The average Bonchev–Trinajstić information content (AvgIpc) is 2.29. The third-order valence-electron chi connectivity index (χ3n) is 4.45. The molecule has 0 saturated carbocycles. The van der Waals surface area contributed by atoms with Gasteiger partial charge in [0.15, 0.2) is 0 Å². The van der Waals surface area contributed by atoms with Gasteiger partial charge in [-0.25, -0.2) is 0 Å². The summed E-state index contributed by atoms with van der Waals surface area (Å²) in [6.07, 6.45) is 3.72. The summed E-state index contributed by atoms with van der Waals surface area (Å²) in [7, 11) is 0. The standard InChI is InChI=1S/C15H18ClNS/c1-15(2)12-5-3-4-8-17(14(15)18)13-7-6-10(16)9-11(12)13/h6-7,9,12H,3-5,8H2,1-2H3. The molecule has 18 heavy (non-hydrogen) atoms. The summed E-state index contributed by atoms with van der Waals surface area (Å²) in [5.41, 5.74) is 2.74. The van der Waals surface area contributed by atoms with Crippen LogP contribution in [-0.2, 0) is 0 Å². The molecule has 96 valence electrons. The molecule has 1 nitrogen and oxygen atoms in total. The van der Waals surface area contributed by atoms with Gasteiger partial charge in [-0.2, -0.15) is 0 Å². The van der Waals surface area contributed by atoms with Crippen molar-refractivity contribution < 1.29 is 0 Å². The van der Waals surface area contributed by atoms with Crippen LogP contribution in [0.25, 0.3) is 0 Å². The fourth-order valence-corrected chi connectivity index (χ4v) is 3.91. The Hall–Kier alpha value is -0.600. The van der Waals surface area contributed by atoms with Crippen molar-refractivity contribution in [2.75, 3.05) is 11.4 Å². The van der Waals surface area contributed by atoms with Crippen LogP contribution in [0.3, 0.4) is 0 Å². The highest BCUT2D eigenvalue weighted by Gasteiger charge is 2.44. The number of halogens is 1. The van der Waals surface area contributed by atoms with Crippen molar-refractivity contribution in [2.24, 2.45) is 5.41 Å².